The van der Waals surface area contributed by atoms with E-state index < -0.39 is 0 Å². The first-order valence-corrected chi connectivity index (χ1v) is 7.63. The monoisotopic (exact) mass is 321 g/mol. The third kappa shape index (κ3) is 3.70. The molecular formula is C17H17ClFNO2. The zero-order chi connectivity index (χ0) is 15.4. The van der Waals surface area contributed by atoms with Gasteiger partial charge in [0.15, 0.2) is 11.5 Å². The van der Waals surface area contributed by atoms with Crippen molar-refractivity contribution < 1.29 is 13.9 Å². The molecule has 0 saturated carbocycles. The van der Waals surface area contributed by atoms with Crippen molar-refractivity contribution in [3.63, 3.8) is 0 Å². The Labute approximate surface area is 134 Å². The average Bonchev–Trinajstić information content (AvgIpc) is 2.52. The van der Waals surface area contributed by atoms with E-state index in [4.69, 9.17) is 21.1 Å². The first-order valence-electron chi connectivity index (χ1n) is 7.25. The maximum absolute atomic E-state index is 13.1. The molecule has 0 aromatic heterocycles. The fraction of sp³-hybridized carbons (Fsp3) is 0.294. The molecule has 0 aliphatic carbocycles. The van der Waals surface area contributed by atoms with E-state index in [1.807, 2.05) is 18.2 Å². The summed E-state index contributed by atoms with van der Waals surface area (Å²) < 4.78 is 24.1. The van der Waals surface area contributed by atoms with Crippen molar-refractivity contribution in [1.82, 2.24) is 5.32 Å². The van der Waals surface area contributed by atoms with Crippen LogP contribution in [-0.2, 0) is 13.0 Å². The lowest BCUT2D eigenvalue weighted by Crippen LogP contribution is -2.18. The number of nitrogens with one attached hydrogen (secondary N) is 1. The fourth-order valence-corrected chi connectivity index (χ4v) is 2.71. The lowest BCUT2D eigenvalue weighted by Gasteiger charge is -2.20. The summed E-state index contributed by atoms with van der Waals surface area (Å²) in [5.74, 6) is 1.12. The molecule has 0 unspecified atom stereocenters. The molecule has 0 radical (unpaired) electrons. The number of rotatable bonds is 5. The highest BCUT2D eigenvalue weighted by Gasteiger charge is 2.16. The molecule has 3 nitrogen and oxygen atoms in total. The third-order valence-electron chi connectivity index (χ3n) is 3.47. The quantitative estimate of drug-likeness (QED) is 0.854. The highest BCUT2D eigenvalue weighted by Crippen LogP contribution is 2.38. The van der Waals surface area contributed by atoms with E-state index in [-0.39, 0.29) is 5.82 Å². The summed E-state index contributed by atoms with van der Waals surface area (Å²) in [6, 6.07) is 10.5. The lowest BCUT2D eigenvalue weighted by molar-refractivity contribution is 0.171. The van der Waals surface area contributed by atoms with E-state index in [9.17, 15) is 4.39 Å². The standard InChI is InChI=1S/C17H17ClFNO2/c18-15-9-13(10-16-17(15)22-7-6-21-16)11-20-5-4-12-2-1-3-14(19)8-12/h1-3,8-10,20H,4-7,11H2. The normalized spacial score (nSPS) is 13.2. The fourth-order valence-electron chi connectivity index (χ4n) is 2.42. The minimum atomic E-state index is -0.198. The number of benzene rings is 2. The van der Waals surface area contributed by atoms with Crippen LogP contribution in [0.4, 0.5) is 4.39 Å². The van der Waals surface area contributed by atoms with Crippen LogP contribution in [0.1, 0.15) is 11.1 Å². The van der Waals surface area contributed by atoms with E-state index >= 15 is 0 Å². The number of hydrogen-bond donors (Lipinski definition) is 1. The van der Waals surface area contributed by atoms with Crippen molar-refractivity contribution >= 4 is 11.6 Å². The Balaban J connectivity index is 1.54. The molecule has 0 saturated heterocycles. The van der Waals surface area contributed by atoms with Gasteiger partial charge in [-0.1, -0.05) is 23.7 Å². The van der Waals surface area contributed by atoms with Crippen LogP contribution >= 0.6 is 11.6 Å². The molecule has 3 rings (SSSR count). The van der Waals surface area contributed by atoms with E-state index in [1.54, 1.807) is 12.1 Å². The number of fused-ring (bicyclic) bond motifs is 1. The molecule has 1 aliphatic heterocycles. The van der Waals surface area contributed by atoms with Crippen molar-refractivity contribution in [1.29, 1.82) is 0 Å². The van der Waals surface area contributed by atoms with Crippen molar-refractivity contribution in [2.24, 2.45) is 0 Å². The van der Waals surface area contributed by atoms with Crippen molar-refractivity contribution in [2.75, 3.05) is 19.8 Å². The average molecular weight is 322 g/mol. The molecular weight excluding hydrogens is 305 g/mol. The van der Waals surface area contributed by atoms with Gasteiger partial charge in [0.25, 0.3) is 0 Å². The maximum Gasteiger partial charge on any atom is 0.179 e. The van der Waals surface area contributed by atoms with Gasteiger partial charge in [-0.05, 0) is 48.4 Å². The molecule has 22 heavy (non-hydrogen) atoms. The van der Waals surface area contributed by atoms with Crippen molar-refractivity contribution in [2.45, 2.75) is 13.0 Å². The Morgan fingerprint density at radius 1 is 1.09 bits per heavy atom. The zero-order valence-corrected chi connectivity index (χ0v) is 12.8. The minimum absolute atomic E-state index is 0.198. The molecule has 2 aromatic carbocycles. The zero-order valence-electron chi connectivity index (χ0n) is 12.1. The van der Waals surface area contributed by atoms with Gasteiger partial charge in [-0.15, -0.1) is 0 Å². The molecule has 0 bridgehead atoms. The Morgan fingerprint density at radius 2 is 1.95 bits per heavy atom. The van der Waals surface area contributed by atoms with Gasteiger partial charge in [0.2, 0.25) is 0 Å². The Morgan fingerprint density at radius 3 is 2.82 bits per heavy atom. The molecule has 1 N–H and O–H groups in total. The van der Waals surface area contributed by atoms with Crippen molar-refractivity contribution in [3.05, 3.63) is 58.4 Å². The number of ether oxygens (including phenoxy) is 2. The van der Waals surface area contributed by atoms with Gasteiger partial charge < -0.3 is 14.8 Å². The smallest absolute Gasteiger partial charge is 0.179 e. The SMILES string of the molecule is Fc1cccc(CCNCc2cc(Cl)c3c(c2)OCCO3)c1. The summed E-state index contributed by atoms with van der Waals surface area (Å²) in [6.07, 6.45) is 0.774. The van der Waals surface area contributed by atoms with Crippen LogP contribution in [0.25, 0.3) is 0 Å². The topological polar surface area (TPSA) is 30.5 Å². The second-order valence-electron chi connectivity index (χ2n) is 5.16. The first-order chi connectivity index (χ1) is 10.7. The predicted octanol–water partition coefficient (Wildman–Crippen LogP) is 3.58. The summed E-state index contributed by atoms with van der Waals surface area (Å²) in [5, 5.41) is 3.89. The highest BCUT2D eigenvalue weighted by molar-refractivity contribution is 6.32. The van der Waals surface area contributed by atoms with E-state index in [0.717, 1.165) is 24.1 Å². The summed E-state index contributed by atoms with van der Waals surface area (Å²) in [7, 11) is 0. The first kappa shape index (κ1) is 15.1. The van der Waals surface area contributed by atoms with Crippen LogP contribution in [0.2, 0.25) is 5.02 Å². The highest BCUT2D eigenvalue weighted by atomic mass is 35.5. The largest absolute Gasteiger partial charge is 0.486 e. The maximum atomic E-state index is 13.1. The summed E-state index contributed by atoms with van der Waals surface area (Å²) in [4.78, 5) is 0. The second-order valence-corrected chi connectivity index (χ2v) is 5.57. The molecule has 1 aliphatic rings. The molecule has 2 aromatic rings. The lowest BCUT2D eigenvalue weighted by atomic mass is 10.1. The van der Waals surface area contributed by atoms with E-state index in [1.165, 1.54) is 6.07 Å². The van der Waals surface area contributed by atoms with Crippen LogP contribution in [0, 0.1) is 5.82 Å². The summed E-state index contributed by atoms with van der Waals surface area (Å²) in [5.41, 5.74) is 2.01. The minimum Gasteiger partial charge on any atom is -0.486 e. The van der Waals surface area contributed by atoms with Gasteiger partial charge in [-0.25, -0.2) is 4.39 Å². The molecule has 1 heterocycles. The van der Waals surface area contributed by atoms with Gasteiger partial charge >= 0.3 is 0 Å². The molecule has 5 heteroatoms. The van der Waals surface area contributed by atoms with Crippen LogP contribution in [0.3, 0.4) is 0 Å². The van der Waals surface area contributed by atoms with Gasteiger partial charge in [0.05, 0.1) is 5.02 Å². The third-order valence-corrected chi connectivity index (χ3v) is 3.75. The van der Waals surface area contributed by atoms with Crippen LogP contribution in [-0.4, -0.2) is 19.8 Å². The Kier molecular flexibility index (Phi) is 4.80. The Hall–Kier alpha value is -1.78. The number of hydrogen-bond acceptors (Lipinski definition) is 3. The molecule has 0 spiro atoms. The van der Waals surface area contributed by atoms with Crippen LogP contribution < -0.4 is 14.8 Å². The molecule has 116 valence electrons. The summed E-state index contributed by atoms with van der Waals surface area (Å²) in [6.45, 7) is 2.50. The van der Waals surface area contributed by atoms with Crippen LogP contribution in [0.15, 0.2) is 36.4 Å². The number of halogens is 2. The van der Waals surface area contributed by atoms with Gasteiger partial charge in [0.1, 0.15) is 19.0 Å². The second kappa shape index (κ2) is 6.99. The summed E-state index contributed by atoms with van der Waals surface area (Å²) >= 11 is 6.20. The molecule has 0 amide bonds. The predicted molar refractivity (Wildman–Crippen MR) is 84.3 cm³/mol. The van der Waals surface area contributed by atoms with E-state index in [2.05, 4.69) is 5.32 Å². The van der Waals surface area contributed by atoms with Gasteiger partial charge in [-0.2, -0.15) is 0 Å². The molecule has 0 fully saturated rings. The van der Waals surface area contributed by atoms with Gasteiger partial charge in [-0.3, -0.25) is 0 Å². The van der Waals surface area contributed by atoms with E-state index in [0.29, 0.717) is 36.3 Å². The van der Waals surface area contributed by atoms with Crippen molar-refractivity contribution in [3.8, 4) is 11.5 Å². The Bertz CT molecular complexity index is 663. The van der Waals surface area contributed by atoms with Gasteiger partial charge in [0, 0.05) is 6.54 Å². The molecule has 0 atom stereocenters. The van der Waals surface area contributed by atoms with Crippen LogP contribution in [0.5, 0.6) is 11.5 Å².